The zero-order valence-corrected chi connectivity index (χ0v) is 14.2. The Balaban J connectivity index is 1.78. The first-order chi connectivity index (χ1) is 9.63. The van der Waals surface area contributed by atoms with Gasteiger partial charge in [0.25, 0.3) is 0 Å². The number of halogens is 1. The molecule has 0 amide bonds. The molecule has 0 spiro atoms. The molecule has 1 unspecified atom stereocenters. The predicted octanol–water partition coefficient (Wildman–Crippen LogP) is 5.07. The summed E-state index contributed by atoms with van der Waals surface area (Å²) in [5.41, 5.74) is 3.92. The summed E-state index contributed by atoms with van der Waals surface area (Å²) in [5.74, 6) is 0. The Morgan fingerprint density at radius 1 is 1.25 bits per heavy atom. The standard InChI is InChI=1S/C16H19BrN2S/c1-19(2)12-8-6-11(7-9-12)18-14-4-3-5-15-13(14)10-16(17)20-15/h6-10,14,18H,3-5H2,1-2H3. The molecule has 1 atom stereocenters. The minimum atomic E-state index is 0.450. The maximum Gasteiger partial charge on any atom is 0.0705 e. The van der Waals surface area contributed by atoms with Crippen molar-refractivity contribution in [2.75, 3.05) is 24.3 Å². The van der Waals surface area contributed by atoms with E-state index >= 15 is 0 Å². The van der Waals surface area contributed by atoms with Crippen molar-refractivity contribution in [2.45, 2.75) is 25.3 Å². The number of nitrogens with zero attached hydrogens (tertiary/aromatic N) is 1. The minimum absolute atomic E-state index is 0.450. The van der Waals surface area contributed by atoms with E-state index in [9.17, 15) is 0 Å². The summed E-state index contributed by atoms with van der Waals surface area (Å²) in [6, 6.07) is 11.4. The predicted molar refractivity (Wildman–Crippen MR) is 92.1 cm³/mol. The molecule has 2 nitrogen and oxygen atoms in total. The second-order valence-electron chi connectivity index (χ2n) is 5.46. The summed E-state index contributed by atoms with van der Waals surface area (Å²) in [7, 11) is 4.14. The number of hydrogen-bond acceptors (Lipinski definition) is 3. The lowest BCUT2D eigenvalue weighted by atomic mass is 9.94. The van der Waals surface area contributed by atoms with Gasteiger partial charge in [0.15, 0.2) is 0 Å². The highest BCUT2D eigenvalue weighted by molar-refractivity contribution is 9.11. The monoisotopic (exact) mass is 350 g/mol. The van der Waals surface area contributed by atoms with Crippen LogP contribution in [0.2, 0.25) is 0 Å². The molecule has 106 valence electrons. The fourth-order valence-corrected chi connectivity index (χ4v) is 4.55. The van der Waals surface area contributed by atoms with Crippen molar-refractivity contribution in [3.05, 3.63) is 44.6 Å². The van der Waals surface area contributed by atoms with Gasteiger partial charge in [0, 0.05) is 30.3 Å². The van der Waals surface area contributed by atoms with Crippen LogP contribution in [0.4, 0.5) is 11.4 Å². The molecular weight excluding hydrogens is 332 g/mol. The number of anilines is 2. The Kier molecular flexibility index (Phi) is 4.03. The van der Waals surface area contributed by atoms with Gasteiger partial charge in [-0.1, -0.05) is 0 Å². The van der Waals surface area contributed by atoms with Gasteiger partial charge in [-0.3, -0.25) is 0 Å². The third-order valence-corrected chi connectivity index (χ3v) is 5.52. The summed E-state index contributed by atoms with van der Waals surface area (Å²) < 4.78 is 1.25. The van der Waals surface area contributed by atoms with Gasteiger partial charge in [-0.2, -0.15) is 0 Å². The van der Waals surface area contributed by atoms with Gasteiger partial charge in [-0.25, -0.2) is 0 Å². The summed E-state index contributed by atoms with van der Waals surface area (Å²) in [6.07, 6.45) is 3.71. The SMILES string of the molecule is CN(C)c1ccc(NC2CCCc3sc(Br)cc32)cc1. The minimum Gasteiger partial charge on any atom is -0.378 e. The van der Waals surface area contributed by atoms with Crippen LogP contribution in [0.15, 0.2) is 34.1 Å². The maximum absolute atomic E-state index is 3.68. The first kappa shape index (κ1) is 14.0. The van der Waals surface area contributed by atoms with Crippen LogP contribution in [0.1, 0.15) is 29.3 Å². The highest BCUT2D eigenvalue weighted by atomic mass is 79.9. The smallest absolute Gasteiger partial charge is 0.0705 e. The van der Waals surface area contributed by atoms with Gasteiger partial charge in [-0.05, 0) is 71.1 Å². The Labute approximate surface area is 132 Å². The van der Waals surface area contributed by atoms with Crippen molar-refractivity contribution in [3.8, 4) is 0 Å². The molecule has 20 heavy (non-hydrogen) atoms. The van der Waals surface area contributed by atoms with Gasteiger partial charge < -0.3 is 10.2 Å². The van der Waals surface area contributed by atoms with E-state index < -0.39 is 0 Å². The van der Waals surface area contributed by atoms with Crippen LogP contribution < -0.4 is 10.2 Å². The average molecular weight is 351 g/mol. The van der Waals surface area contributed by atoms with Crippen LogP contribution in [0.3, 0.4) is 0 Å². The highest BCUT2D eigenvalue weighted by Gasteiger charge is 2.22. The van der Waals surface area contributed by atoms with Crippen LogP contribution in [-0.2, 0) is 6.42 Å². The fraction of sp³-hybridized carbons (Fsp3) is 0.375. The maximum atomic E-state index is 3.68. The zero-order valence-electron chi connectivity index (χ0n) is 11.8. The van der Waals surface area contributed by atoms with Crippen molar-refractivity contribution in [1.29, 1.82) is 0 Å². The second-order valence-corrected chi connectivity index (χ2v) is 7.98. The molecule has 1 aromatic carbocycles. The largest absolute Gasteiger partial charge is 0.378 e. The lowest BCUT2D eigenvalue weighted by Crippen LogP contribution is -2.15. The Morgan fingerprint density at radius 3 is 2.70 bits per heavy atom. The summed E-state index contributed by atoms with van der Waals surface area (Å²) in [6.45, 7) is 0. The third-order valence-electron chi connectivity index (χ3n) is 3.81. The quantitative estimate of drug-likeness (QED) is 0.831. The van der Waals surface area contributed by atoms with E-state index in [0.29, 0.717) is 6.04 Å². The second kappa shape index (κ2) is 5.78. The first-order valence-corrected chi connectivity index (χ1v) is 8.56. The average Bonchev–Trinajstić information content (AvgIpc) is 2.81. The molecule has 0 bridgehead atoms. The zero-order chi connectivity index (χ0) is 14.1. The lowest BCUT2D eigenvalue weighted by molar-refractivity contribution is 0.609. The Bertz CT molecular complexity index is 589. The number of benzene rings is 1. The van der Waals surface area contributed by atoms with Crippen molar-refractivity contribution < 1.29 is 0 Å². The van der Waals surface area contributed by atoms with E-state index in [2.05, 4.69) is 70.6 Å². The van der Waals surface area contributed by atoms with Crippen LogP contribution in [0, 0.1) is 0 Å². The molecule has 1 aliphatic carbocycles. The number of hydrogen-bond donors (Lipinski definition) is 1. The number of rotatable bonds is 3. The topological polar surface area (TPSA) is 15.3 Å². The number of aryl methyl sites for hydroxylation is 1. The van der Waals surface area contributed by atoms with Crippen molar-refractivity contribution in [2.24, 2.45) is 0 Å². The molecule has 0 saturated heterocycles. The number of thiophene rings is 1. The molecule has 1 heterocycles. The van der Waals surface area contributed by atoms with E-state index in [4.69, 9.17) is 0 Å². The molecule has 0 saturated carbocycles. The van der Waals surface area contributed by atoms with E-state index in [1.54, 1.807) is 0 Å². The van der Waals surface area contributed by atoms with Crippen molar-refractivity contribution in [1.82, 2.24) is 0 Å². The molecule has 0 fully saturated rings. The molecule has 0 radical (unpaired) electrons. The summed E-state index contributed by atoms with van der Waals surface area (Å²) >= 11 is 5.50. The van der Waals surface area contributed by atoms with Gasteiger partial charge in [0.05, 0.1) is 9.83 Å². The molecular formula is C16H19BrN2S. The molecule has 1 aliphatic rings. The molecule has 1 aromatic heterocycles. The molecule has 1 N–H and O–H groups in total. The Hall–Kier alpha value is -1.00. The van der Waals surface area contributed by atoms with Crippen molar-refractivity contribution >= 4 is 38.6 Å². The van der Waals surface area contributed by atoms with Crippen LogP contribution in [0.25, 0.3) is 0 Å². The van der Waals surface area contributed by atoms with Gasteiger partial charge in [0.1, 0.15) is 0 Å². The number of nitrogens with one attached hydrogen (secondary N) is 1. The van der Waals surface area contributed by atoms with E-state index in [1.165, 1.54) is 44.9 Å². The molecule has 0 aliphatic heterocycles. The van der Waals surface area contributed by atoms with Crippen LogP contribution in [0.5, 0.6) is 0 Å². The molecule has 3 rings (SSSR count). The van der Waals surface area contributed by atoms with E-state index in [0.717, 1.165) is 0 Å². The highest BCUT2D eigenvalue weighted by Crippen LogP contribution is 2.39. The van der Waals surface area contributed by atoms with Crippen LogP contribution >= 0.6 is 27.3 Å². The van der Waals surface area contributed by atoms with Gasteiger partial charge in [0.2, 0.25) is 0 Å². The molecule has 2 aromatic rings. The fourth-order valence-electron chi connectivity index (χ4n) is 2.73. The first-order valence-electron chi connectivity index (χ1n) is 6.95. The van der Waals surface area contributed by atoms with Gasteiger partial charge in [-0.15, -0.1) is 11.3 Å². The molecule has 4 heteroatoms. The third kappa shape index (κ3) is 2.86. The Morgan fingerprint density at radius 2 is 2.00 bits per heavy atom. The summed E-state index contributed by atoms with van der Waals surface area (Å²) in [4.78, 5) is 3.66. The van der Waals surface area contributed by atoms with E-state index in [1.807, 2.05) is 11.3 Å². The lowest BCUT2D eigenvalue weighted by Gasteiger charge is -2.25. The van der Waals surface area contributed by atoms with Crippen LogP contribution in [-0.4, -0.2) is 14.1 Å². The number of fused-ring (bicyclic) bond motifs is 1. The van der Waals surface area contributed by atoms with Crippen molar-refractivity contribution in [3.63, 3.8) is 0 Å². The normalized spacial score (nSPS) is 17.6. The summed E-state index contributed by atoms with van der Waals surface area (Å²) in [5, 5.41) is 3.68. The van der Waals surface area contributed by atoms with E-state index in [-0.39, 0.29) is 0 Å². The van der Waals surface area contributed by atoms with Gasteiger partial charge >= 0.3 is 0 Å².